The summed E-state index contributed by atoms with van der Waals surface area (Å²) in [4.78, 5) is 10.5. The van der Waals surface area contributed by atoms with Gasteiger partial charge in [-0.05, 0) is 85.8 Å². The van der Waals surface area contributed by atoms with Crippen molar-refractivity contribution in [3.63, 3.8) is 0 Å². The molecule has 1 N–H and O–H groups in total. The van der Waals surface area contributed by atoms with E-state index in [1.165, 1.54) is 73.6 Å². The van der Waals surface area contributed by atoms with Crippen molar-refractivity contribution in [3.8, 4) is 22.6 Å². The van der Waals surface area contributed by atoms with E-state index in [1.54, 1.807) is 0 Å². The lowest BCUT2D eigenvalue weighted by Crippen LogP contribution is -2.03. The summed E-state index contributed by atoms with van der Waals surface area (Å²) >= 11 is 0. The zero-order chi connectivity index (χ0) is 21.3. The van der Waals surface area contributed by atoms with Gasteiger partial charge in [0, 0.05) is 11.1 Å². The lowest BCUT2D eigenvalue weighted by molar-refractivity contribution is 0.294. The highest BCUT2D eigenvalue weighted by atomic mass is 31.2. The number of fused-ring (bicyclic) bond motifs is 7. The topological polar surface area (TPSA) is 55.8 Å². The van der Waals surface area contributed by atoms with Crippen molar-refractivity contribution in [2.45, 2.75) is 89.9 Å². The molecule has 0 aromatic heterocycles. The van der Waals surface area contributed by atoms with E-state index in [0.29, 0.717) is 11.5 Å². The molecule has 2 aromatic rings. The number of benzene rings is 2. The quantitative estimate of drug-likeness (QED) is 0.436. The Morgan fingerprint density at radius 2 is 0.968 bits per heavy atom. The van der Waals surface area contributed by atoms with E-state index < -0.39 is 7.82 Å². The highest BCUT2D eigenvalue weighted by molar-refractivity contribution is 7.48. The molecule has 1 aliphatic heterocycles. The summed E-state index contributed by atoms with van der Waals surface area (Å²) in [5, 5.41) is 0. The average molecular weight is 441 g/mol. The van der Waals surface area contributed by atoms with Crippen molar-refractivity contribution in [2.75, 3.05) is 0 Å². The van der Waals surface area contributed by atoms with Crippen LogP contribution in [0.1, 0.15) is 86.5 Å². The largest absolute Gasteiger partial charge is 0.584 e. The molecule has 0 atom stereocenters. The Hall–Kier alpha value is -1.77. The van der Waals surface area contributed by atoms with Gasteiger partial charge in [-0.2, -0.15) is 0 Å². The lowest BCUT2D eigenvalue weighted by atomic mass is 9.84. The SMILES string of the molecule is O=P1(O)Oc2ccc3c(c2-c2c(ccc4c2CCCCCCC4)O1)CCCCCCC3. The van der Waals surface area contributed by atoms with Crippen molar-refractivity contribution in [1.29, 1.82) is 0 Å². The minimum atomic E-state index is -4.22. The number of phosphoric ester groups is 1. The predicted octanol–water partition coefficient (Wildman–Crippen LogP) is 7.32. The molecule has 0 bridgehead atoms. The van der Waals surface area contributed by atoms with Crippen LogP contribution in [-0.2, 0) is 30.2 Å². The number of aryl methyl sites for hydroxylation is 2. The number of phosphoric acid groups is 1. The lowest BCUT2D eigenvalue weighted by Gasteiger charge is -2.21. The van der Waals surface area contributed by atoms with Gasteiger partial charge < -0.3 is 9.05 Å². The number of hydrogen-bond acceptors (Lipinski definition) is 3. The van der Waals surface area contributed by atoms with Crippen LogP contribution in [0.3, 0.4) is 0 Å². The Bertz CT molecular complexity index is 935. The fourth-order valence-electron chi connectivity index (χ4n) is 5.64. The van der Waals surface area contributed by atoms with Crippen LogP contribution in [0.15, 0.2) is 24.3 Å². The average Bonchev–Trinajstić information content (AvgIpc) is 2.86. The van der Waals surface area contributed by atoms with E-state index in [9.17, 15) is 9.46 Å². The van der Waals surface area contributed by atoms with Gasteiger partial charge in [0.15, 0.2) is 0 Å². The van der Waals surface area contributed by atoms with Crippen LogP contribution < -0.4 is 9.05 Å². The van der Waals surface area contributed by atoms with Crippen LogP contribution in [0.4, 0.5) is 0 Å². The first-order chi connectivity index (χ1) is 15.1. The summed E-state index contributed by atoms with van der Waals surface area (Å²) in [5.41, 5.74) is 7.39. The van der Waals surface area contributed by atoms with Crippen molar-refractivity contribution in [1.82, 2.24) is 0 Å². The molecule has 0 fully saturated rings. The van der Waals surface area contributed by atoms with Gasteiger partial charge in [-0.15, -0.1) is 0 Å². The van der Waals surface area contributed by atoms with Gasteiger partial charge in [0.25, 0.3) is 0 Å². The van der Waals surface area contributed by atoms with E-state index >= 15 is 0 Å². The zero-order valence-electron chi connectivity index (χ0n) is 18.3. The third kappa shape index (κ3) is 4.43. The van der Waals surface area contributed by atoms with Gasteiger partial charge >= 0.3 is 7.82 Å². The maximum absolute atomic E-state index is 12.8. The van der Waals surface area contributed by atoms with E-state index in [2.05, 4.69) is 12.1 Å². The summed E-state index contributed by atoms with van der Waals surface area (Å²) in [6.07, 6.45) is 16.4. The molecule has 0 saturated heterocycles. The fourth-order valence-corrected chi connectivity index (χ4v) is 6.48. The van der Waals surface area contributed by atoms with Gasteiger partial charge in [0.2, 0.25) is 0 Å². The maximum Gasteiger partial charge on any atom is 0.584 e. The Labute approximate surface area is 185 Å². The van der Waals surface area contributed by atoms with E-state index in [1.807, 2.05) is 12.1 Å². The van der Waals surface area contributed by atoms with Crippen LogP contribution in [0.25, 0.3) is 11.1 Å². The van der Waals surface area contributed by atoms with Gasteiger partial charge in [-0.3, -0.25) is 4.89 Å². The second kappa shape index (κ2) is 9.00. The molecular formula is C26H33O4P. The molecule has 2 aliphatic carbocycles. The third-order valence-electron chi connectivity index (χ3n) is 7.17. The number of rotatable bonds is 0. The molecule has 2 aromatic carbocycles. The number of hydrogen-bond donors (Lipinski definition) is 1. The molecule has 5 rings (SSSR count). The monoisotopic (exact) mass is 440 g/mol. The Balaban J connectivity index is 1.76. The maximum atomic E-state index is 12.8. The third-order valence-corrected chi connectivity index (χ3v) is 8.02. The van der Waals surface area contributed by atoms with Gasteiger partial charge in [-0.25, -0.2) is 4.57 Å². The molecule has 0 spiro atoms. The molecule has 0 saturated carbocycles. The Kier molecular flexibility index (Phi) is 6.12. The van der Waals surface area contributed by atoms with Crippen LogP contribution in [0.5, 0.6) is 11.5 Å². The highest BCUT2D eigenvalue weighted by Gasteiger charge is 2.35. The fraction of sp³-hybridized carbons (Fsp3) is 0.538. The van der Waals surface area contributed by atoms with Crippen LogP contribution in [-0.4, -0.2) is 4.89 Å². The summed E-state index contributed by atoms with van der Waals surface area (Å²) in [6.45, 7) is 0. The molecule has 166 valence electrons. The van der Waals surface area contributed by atoms with Crippen LogP contribution in [0, 0.1) is 0 Å². The first kappa shape index (κ1) is 21.1. The normalized spacial score (nSPS) is 20.8. The van der Waals surface area contributed by atoms with Gasteiger partial charge in [0.05, 0.1) is 0 Å². The minimum Gasteiger partial charge on any atom is -0.395 e. The van der Waals surface area contributed by atoms with E-state index in [4.69, 9.17) is 9.05 Å². The standard InChI is InChI=1S/C26H33O4P/c27-31(28)29-23-17-15-19-11-7-3-1-5-9-13-21(19)25(23)26-22-14-10-6-2-4-8-12-20(22)16-18-24(26)30-31/h15-18H,1-14H2,(H,27,28). The molecule has 4 nitrogen and oxygen atoms in total. The molecular weight excluding hydrogens is 407 g/mol. The van der Waals surface area contributed by atoms with Crippen LogP contribution >= 0.6 is 7.82 Å². The summed E-state index contributed by atoms with van der Waals surface area (Å²) in [5.74, 6) is 1.02. The van der Waals surface area contributed by atoms with Crippen molar-refractivity contribution in [2.24, 2.45) is 0 Å². The van der Waals surface area contributed by atoms with E-state index in [-0.39, 0.29) is 0 Å². The van der Waals surface area contributed by atoms with Gasteiger partial charge in [0.1, 0.15) is 11.5 Å². The first-order valence-corrected chi connectivity index (χ1v) is 13.6. The van der Waals surface area contributed by atoms with Crippen LogP contribution in [0.2, 0.25) is 0 Å². The first-order valence-electron chi connectivity index (χ1n) is 12.1. The summed E-state index contributed by atoms with van der Waals surface area (Å²) in [6, 6.07) is 8.04. The second-order valence-corrected chi connectivity index (χ2v) is 10.6. The Morgan fingerprint density at radius 1 is 0.581 bits per heavy atom. The molecule has 0 radical (unpaired) electrons. The molecule has 31 heavy (non-hydrogen) atoms. The molecule has 5 heteroatoms. The molecule has 0 unspecified atom stereocenters. The summed E-state index contributed by atoms with van der Waals surface area (Å²) in [7, 11) is -4.22. The van der Waals surface area contributed by atoms with Gasteiger partial charge in [-0.1, -0.05) is 50.7 Å². The smallest absolute Gasteiger partial charge is 0.395 e. The van der Waals surface area contributed by atoms with E-state index in [0.717, 1.165) is 49.7 Å². The minimum absolute atomic E-state index is 0.510. The second-order valence-electron chi connectivity index (χ2n) is 9.34. The van der Waals surface area contributed by atoms with Crippen molar-refractivity contribution in [3.05, 3.63) is 46.5 Å². The van der Waals surface area contributed by atoms with Crippen molar-refractivity contribution < 1.29 is 18.5 Å². The Morgan fingerprint density at radius 3 is 1.42 bits per heavy atom. The predicted molar refractivity (Wildman–Crippen MR) is 124 cm³/mol. The zero-order valence-corrected chi connectivity index (χ0v) is 19.2. The molecule has 3 aliphatic rings. The summed E-state index contributed by atoms with van der Waals surface area (Å²) < 4.78 is 24.1. The highest BCUT2D eigenvalue weighted by Crippen LogP contribution is 2.56. The molecule has 0 amide bonds. The van der Waals surface area contributed by atoms with Crippen molar-refractivity contribution >= 4 is 7.82 Å². The molecule has 1 heterocycles.